The van der Waals surface area contributed by atoms with Crippen molar-refractivity contribution in [1.82, 2.24) is 0 Å². The Hall–Kier alpha value is -5.23. The fourth-order valence-corrected chi connectivity index (χ4v) is 10.00. The predicted octanol–water partition coefficient (Wildman–Crippen LogP) is 6.54. The molecule has 0 aliphatic heterocycles. The van der Waals surface area contributed by atoms with Gasteiger partial charge in [0.25, 0.3) is 20.2 Å². The monoisotopic (exact) mass is 1090 g/mol. The average Bonchev–Trinajstić information content (AvgIpc) is 3.26. The lowest BCUT2D eigenvalue weighted by atomic mass is 10.1. The maximum Gasteiger partial charge on any atom is 0.397 e. The molecule has 29 nitrogen and oxygen atoms in total. The highest BCUT2D eigenvalue weighted by molar-refractivity contribution is 7.94. The minimum atomic E-state index is -5.19. The van der Waals surface area contributed by atoms with E-state index in [0.717, 1.165) is 36.4 Å². The molecular weight excluding hydrogens is 1060 g/mol. The van der Waals surface area contributed by atoms with E-state index >= 15 is 0 Å². The number of hydrogen-bond donors (Lipinski definition) is 7. The summed E-state index contributed by atoms with van der Waals surface area (Å²) in [5, 5.41) is 47.9. The average molecular weight is 1090 g/mol. The number of hydrogen-bond acceptors (Lipinski definition) is 28. The Morgan fingerprint density at radius 1 is 0.544 bits per heavy atom. The molecule has 0 aliphatic carbocycles. The Morgan fingerprint density at radius 2 is 1.06 bits per heavy atom. The molecule has 366 valence electrons. The van der Waals surface area contributed by atoms with Crippen molar-refractivity contribution < 1.29 is 93.4 Å². The van der Waals surface area contributed by atoms with Crippen LogP contribution in [-0.4, -0.2) is 91.0 Å². The van der Waals surface area contributed by atoms with Crippen LogP contribution in [0.3, 0.4) is 0 Å². The first-order valence-corrected chi connectivity index (χ1v) is 26.5. The van der Waals surface area contributed by atoms with Crippen LogP contribution >= 0.6 is 24.4 Å². The third kappa shape index (κ3) is 14.6. The van der Waals surface area contributed by atoms with Crippen molar-refractivity contribution in [2.24, 2.45) is 30.7 Å². The minimum absolute atomic E-state index is 0.00994. The quantitative estimate of drug-likeness (QED) is 0.00694. The van der Waals surface area contributed by atoms with Crippen molar-refractivity contribution in [2.45, 2.75) is 24.5 Å². The van der Waals surface area contributed by atoms with Crippen molar-refractivity contribution in [3.63, 3.8) is 0 Å². The third-order valence-electron chi connectivity index (χ3n) is 8.36. The number of rotatable bonds is 23. The van der Waals surface area contributed by atoms with Gasteiger partial charge in [-0.1, -0.05) is 10.1 Å². The summed E-state index contributed by atoms with van der Waals surface area (Å²) in [4.78, 5) is -2.49. The van der Waals surface area contributed by atoms with Crippen molar-refractivity contribution >= 4 is 131 Å². The van der Waals surface area contributed by atoms with E-state index in [1.165, 1.54) is 36.4 Å². The summed E-state index contributed by atoms with van der Waals surface area (Å²) in [6, 6.07) is 14.1. The van der Waals surface area contributed by atoms with Crippen LogP contribution in [0.1, 0.15) is 0 Å². The van der Waals surface area contributed by atoms with Gasteiger partial charge in [0, 0.05) is 5.39 Å². The summed E-state index contributed by atoms with van der Waals surface area (Å²) in [7, 11) is -23.1. The summed E-state index contributed by atoms with van der Waals surface area (Å²) in [5.74, 6) is -1.32. The molecule has 5 aromatic rings. The number of nitrogen functional groups attached to an aromatic ring is 2. The fraction of sp³-hybridized carbons (Fsp3) is 0.125. The number of nitrogens with zero attached hydrogens (tertiary/aromatic N) is 6. The number of nitrogens with two attached hydrogens (primary N) is 2. The third-order valence-corrected chi connectivity index (χ3v) is 14.9. The normalized spacial score (nSPS) is 13.1. The van der Waals surface area contributed by atoms with Gasteiger partial charge >= 0.3 is 10.4 Å². The summed E-state index contributed by atoms with van der Waals surface area (Å²) < 4.78 is 167. The molecule has 0 atom stereocenters. The Kier molecular flexibility index (Phi) is 17.7. The predicted molar refractivity (Wildman–Crippen MR) is 235 cm³/mol. The lowest BCUT2D eigenvalue weighted by Gasteiger charge is -2.11. The molecule has 0 unspecified atom stereocenters. The second-order valence-corrected chi connectivity index (χ2v) is 22.1. The molecule has 5 aromatic carbocycles. The number of fused-ring (bicyclic) bond motifs is 1. The van der Waals surface area contributed by atoms with E-state index in [1.807, 2.05) is 0 Å². The van der Waals surface area contributed by atoms with Crippen molar-refractivity contribution in [2.75, 3.05) is 36.2 Å². The summed E-state index contributed by atoms with van der Waals surface area (Å²) in [5.41, 5.74) is 11.2. The maximum absolute atomic E-state index is 12.7. The Balaban J connectivity index is 1.59. The van der Waals surface area contributed by atoms with Crippen LogP contribution in [0.15, 0.2) is 134 Å². The van der Waals surface area contributed by atoms with Crippen LogP contribution in [0.25, 0.3) is 10.8 Å². The summed E-state index contributed by atoms with van der Waals surface area (Å²) in [6.07, 6.45) is 0. The fourth-order valence-electron chi connectivity index (χ4n) is 5.29. The first-order valence-electron chi connectivity index (χ1n) is 17.6. The highest BCUT2D eigenvalue weighted by Gasteiger charge is 2.23. The van der Waals surface area contributed by atoms with Crippen molar-refractivity contribution in [1.29, 1.82) is 0 Å². The zero-order valence-electron chi connectivity index (χ0n) is 33.3. The van der Waals surface area contributed by atoms with Gasteiger partial charge in [0.2, 0.25) is 0 Å². The van der Waals surface area contributed by atoms with E-state index in [1.54, 1.807) is 0 Å². The van der Waals surface area contributed by atoms with Gasteiger partial charge in [-0.25, -0.2) is 31.5 Å². The molecule has 0 aliphatic rings. The van der Waals surface area contributed by atoms with Crippen molar-refractivity contribution in [3.05, 3.63) is 78.9 Å². The smallest absolute Gasteiger partial charge is 0.395 e. The van der Waals surface area contributed by atoms with Gasteiger partial charge in [0.15, 0.2) is 32.0 Å². The Morgan fingerprint density at radius 3 is 1.57 bits per heavy atom. The number of azo groups is 3. The Labute approximate surface area is 392 Å². The Bertz CT molecular complexity index is 3350. The molecule has 0 bridgehead atoms. The largest absolute Gasteiger partial charge is 0.397 e. The molecule has 9 N–H and O–H groups in total. The van der Waals surface area contributed by atoms with E-state index in [-0.39, 0.29) is 102 Å². The van der Waals surface area contributed by atoms with Gasteiger partial charge in [0.1, 0.15) is 27.6 Å². The molecule has 0 heterocycles. The molecular formula is C32H30N8O21S7. The number of sulfone groups is 2. The lowest BCUT2D eigenvalue weighted by Crippen LogP contribution is -2.15. The molecule has 5 rings (SSSR count). The first kappa shape index (κ1) is 53.7. The summed E-state index contributed by atoms with van der Waals surface area (Å²) in [6.45, 7) is -1.24. The molecule has 36 heteroatoms. The number of benzene rings is 5. The van der Waals surface area contributed by atoms with Gasteiger partial charge in [-0.3, -0.25) is 17.8 Å². The standard InChI is InChI=1S/C32H30N8O21S7/c33-30-26(38-35-19-1-5-21(6-2-19)64(43,44)11-9-56-63-61-59-42)17-27(31(34)32(30)40-36-20-3-7-22(8-4-20)65(45,46)12-10-57-68(53,54)55)39-37-25-16-24-18(14-28(25)62-60-58-41)13-23(66(47,48)49)15-29(24)67(50,51)52/h1-8,13-17,41-42H,9-12,33-34H2,(H,47,48,49)(H,50,51,52)(H,53,54,55)/b38-35+,39-37+,40-36+. The number of anilines is 2. The van der Waals surface area contributed by atoms with Gasteiger partial charge in [-0.15, -0.1) is 29.1 Å². The van der Waals surface area contributed by atoms with Crippen LogP contribution in [0.5, 0.6) is 0 Å². The van der Waals surface area contributed by atoms with Gasteiger partial charge in [0.05, 0.1) is 79.1 Å². The van der Waals surface area contributed by atoms with Crippen LogP contribution in [0.2, 0.25) is 0 Å². The van der Waals surface area contributed by atoms with E-state index in [9.17, 15) is 51.2 Å². The van der Waals surface area contributed by atoms with E-state index < -0.39 is 78.2 Å². The zero-order valence-corrected chi connectivity index (χ0v) is 39.0. The molecule has 0 amide bonds. The first-order chi connectivity index (χ1) is 31.8. The highest BCUT2D eigenvalue weighted by Crippen LogP contribution is 2.46. The van der Waals surface area contributed by atoms with Crippen LogP contribution in [-0.2, 0) is 77.4 Å². The van der Waals surface area contributed by atoms with E-state index in [4.69, 9.17) is 30.7 Å². The molecule has 0 saturated carbocycles. The minimum Gasteiger partial charge on any atom is -0.395 e. The molecule has 0 radical (unpaired) electrons. The van der Waals surface area contributed by atoms with E-state index in [2.05, 4.69) is 53.6 Å². The van der Waals surface area contributed by atoms with Crippen LogP contribution in [0, 0.1) is 0 Å². The van der Waals surface area contributed by atoms with Gasteiger partial charge in [-0.2, -0.15) is 35.5 Å². The molecule has 68 heavy (non-hydrogen) atoms. The van der Waals surface area contributed by atoms with Crippen LogP contribution < -0.4 is 11.5 Å². The second-order valence-electron chi connectivity index (χ2n) is 12.7. The SMILES string of the molecule is Nc1c(/N=N/c2ccc(S(=O)(=O)CCOSOOO)cc2)cc(/N=N/c2cc3c(S(=O)(=O)O)cc(S(=O)(=O)O)cc3cc2SOOO)c(N)c1/N=N/c1ccc(S(=O)(=O)CCOS(=O)(=O)O)cc1. The topological polar surface area (TPSA) is 453 Å². The van der Waals surface area contributed by atoms with Crippen molar-refractivity contribution in [3.8, 4) is 0 Å². The van der Waals surface area contributed by atoms with Crippen LogP contribution in [0.4, 0.5) is 45.5 Å². The lowest BCUT2D eigenvalue weighted by molar-refractivity contribution is -0.434. The van der Waals surface area contributed by atoms with E-state index in [0.29, 0.717) is 6.07 Å². The van der Waals surface area contributed by atoms with Gasteiger partial charge in [-0.05, 0) is 84.2 Å². The molecule has 0 spiro atoms. The van der Waals surface area contributed by atoms with Gasteiger partial charge < -0.3 is 11.5 Å². The second kappa shape index (κ2) is 22.5. The maximum atomic E-state index is 12.7. The molecule has 0 aromatic heterocycles. The summed E-state index contributed by atoms with van der Waals surface area (Å²) >= 11 is 0.446. The highest BCUT2D eigenvalue weighted by atomic mass is 32.3. The zero-order chi connectivity index (χ0) is 50.1. The molecule has 0 saturated heterocycles. The molecule has 0 fully saturated rings.